The summed E-state index contributed by atoms with van der Waals surface area (Å²) in [7, 11) is 0. The number of fused-ring (bicyclic) bond motifs is 1. The number of rotatable bonds is 11. The van der Waals surface area contributed by atoms with Crippen LogP contribution in [0.1, 0.15) is 17.0 Å². The predicted molar refractivity (Wildman–Crippen MR) is 180 cm³/mol. The molecule has 0 aliphatic heterocycles. The molecule has 0 saturated heterocycles. The van der Waals surface area contributed by atoms with Gasteiger partial charge in [0, 0.05) is 21.6 Å². The summed E-state index contributed by atoms with van der Waals surface area (Å²) in [6.07, 6.45) is 0. The molecule has 0 saturated carbocycles. The number of hydrogen-bond donors (Lipinski definition) is 1. The van der Waals surface area contributed by atoms with Crippen LogP contribution in [0.25, 0.3) is 15.9 Å². The topological polar surface area (TPSA) is 81.9 Å². The number of aromatic nitrogens is 4. The van der Waals surface area contributed by atoms with Crippen molar-refractivity contribution in [3.05, 3.63) is 118 Å². The van der Waals surface area contributed by atoms with Crippen molar-refractivity contribution < 1.29 is 9.53 Å². The van der Waals surface area contributed by atoms with E-state index in [2.05, 4.69) is 43.6 Å². The minimum Gasteiger partial charge on any atom is -0.485 e. The van der Waals surface area contributed by atoms with Gasteiger partial charge in [-0.2, -0.15) is 0 Å². The van der Waals surface area contributed by atoms with Gasteiger partial charge in [0.15, 0.2) is 15.3 Å². The number of halogens is 1. The Kier molecular flexibility index (Phi) is 9.42. The molecule has 1 N–H and O–H groups in total. The average molecular weight is 689 g/mol. The number of nitrogens with zero attached hydrogens (tertiary/aromatic N) is 4. The van der Waals surface area contributed by atoms with Gasteiger partial charge in [0.25, 0.3) is 0 Å². The number of aryl methyl sites for hydroxylation is 1. The highest BCUT2D eigenvalue weighted by molar-refractivity contribution is 9.10. The van der Waals surface area contributed by atoms with Gasteiger partial charge in [-0.3, -0.25) is 9.36 Å². The number of para-hydroxylation sites is 2. The van der Waals surface area contributed by atoms with E-state index in [1.807, 2.05) is 96.4 Å². The van der Waals surface area contributed by atoms with Crippen LogP contribution < -0.4 is 10.1 Å². The summed E-state index contributed by atoms with van der Waals surface area (Å²) in [6.45, 7) is 2.25. The third-order valence-electron chi connectivity index (χ3n) is 6.43. The Hall–Kier alpha value is -3.64. The molecule has 1 amide bonds. The van der Waals surface area contributed by atoms with Crippen LogP contribution in [0.15, 0.2) is 111 Å². The molecule has 0 fully saturated rings. The SMILES string of the molecule is Cc1ccccc1OCc1nnc(SCC(=O)Nc2ccc3nc(SCc4ccc(Br)cc4)sc3c2)n1-c1ccccc1. The van der Waals surface area contributed by atoms with E-state index < -0.39 is 0 Å². The molecule has 4 aromatic carbocycles. The largest absolute Gasteiger partial charge is 0.485 e. The van der Waals surface area contributed by atoms with Crippen molar-refractivity contribution in [2.75, 3.05) is 11.1 Å². The molecule has 0 aliphatic rings. The summed E-state index contributed by atoms with van der Waals surface area (Å²) in [6, 6.07) is 31.9. The number of benzene rings is 4. The maximum absolute atomic E-state index is 13.0. The molecule has 11 heteroatoms. The zero-order valence-electron chi connectivity index (χ0n) is 23.1. The molecule has 0 atom stereocenters. The number of anilines is 1. The summed E-state index contributed by atoms with van der Waals surface area (Å²) in [4.78, 5) is 17.7. The second kappa shape index (κ2) is 13.8. The second-order valence-corrected chi connectivity index (χ2v) is 13.6. The van der Waals surface area contributed by atoms with Crippen molar-refractivity contribution in [1.82, 2.24) is 19.7 Å². The molecule has 0 bridgehead atoms. The lowest BCUT2D eigenvalue weighted by Gasteiger charge is -2.12. The Bertz CT molecular complexity index is 1860. The fourth-order valence-electron chi connectivity index (χ4n) is 4.28. The van der Waals surface area contributed by atoms with E-state index >= 15 is 0 Å². The van der Waals surface area contributed by atoms with Gasteiger partial charge in [0.05, 0.1) is 16.0 Å². The summed E-state index contributed by atoms with van der Waals surface area (Å²) < 4.78 is 11.1. The lowest BCUT2D eigenvalue weighted by molar-refractivity contribution is -0.113. The Balaban J connectivity index is 1.10. The number of amides is 1. The van der Waals surface area contributed by atoms with E-state index in [0.717, 1.165) is 47.5 Å². The minimum atomic E-state index is -0.126. The molecule has 216 valence electrons. The number of hydrogen-bond acceptors (Lipinski definition) is 8. The zero-order chi connectivity index (χ0) is 29.6. The maximum atomic E-state index is 13.0. The third-order valence-corrected chi connectivity index (χ3v) is 10.1. The zero-order valence-corrected chi connectivity index (χ0v) is 27.1. The highest BCUT2D eigenvalue weighted by Crippen LogP contribution is 2.33. The van der Waals surface area contributed by atoms with Gasteiger partial charge in [-0.15, -0.1) is 21.5 Å². The molecule has 0 aliphatic carbocycles. The van der Waals surface area contributed by atoms with E-state index in [1.54, 1.807) is 23.1 Å². The van der Waals surface area contributed by atoms with E-state index in [9.17, 15) is 4.79 Å². The fourth-order valence-corrected chi connectivity index (χ4v) is 7.38. The Morgan fingerprint density at radius 1 is 0.953 bits per heavy atom. The van der Waals surface area contributed by atoms with Crippen LogP contribution in [0.2, 0.25) is 0 Å². The summed E-state index contributed by atoms with van der Waals surface area (Å²) in [5.74, 6) is 2.35. The molecule has 0 radical (unpaired) electrons. The van der Waals surface area contributed by atoms with E-state index in [0.29, 0.717) is 11.0 Å². The number of nitrogens with one attached hydrogen (secondary N) is 1. The average Bonchev–Trinajstić information content (AvgIpc) is 3.63. The van der Waals surface area contributed by atoms with Crippen LogP contribution in [0.3, 0.4) is 0 Å². The summed E-state index contributed by atoms with van der Waals surface area (Å²) in [5, 5.41) is 12.4. The highest BCUT2D eigenvalue weighted by atomic mass is 79.9. The smallest absolute Gasteiger partial charge is 0.234 e. The third kappa shape index (κ3) is 7.48. The Morgan fingerprint density at radius 3 is 2.56 bits per heavy atom. The van der Waals surface area contributed by atoms with Gasteiger partial charge >= 0.3 is 0 Å². The van der Waals surface area contributed by atoms with Gasteiger partial charge in [-0.05, 0) is 66.6 Å². The van der Waals surface area contributed by atoms with Crippen LogP contribution in [0.5, 0.6) is 5.75 Å². The lowest BCUT2D eigenvalue weighted by Crippen LogP contribution is -2.14. The number of carbonyl (C=O) groups is 1. The molecular weight excluding hydrogens is 662 g/mol. The standard InChI is InChI=1S/C32H26BrN5O2S3/c1-21-7-5-6-10-27(21)40-18-29-36-37-31(38(29)25-8-3-2-4-9-25)41-20-30(39)34-24-15-16-26-28(17-24)43-32(35-26)42-19-22-11-13-23(33)14-12-22/h2-17H,18-20H2,1H3,(H,34,39). The minimum absolute atomic E-state index is 0.126. The molecule has 6 rings (SSSR count). The fraction of sp³-hybridized carbons (Fsp3) is 0.125. The predicted octanol–water partition coefficient (Wildman–Crippen LogP) is 8.55. The van der Waals surface area contributed by atoms with Crippen LogP contribution in [-0.4, -0.2) is 31.4 Å². The Labute approximate surface area is 270 Å². The first-order valence-corrected chi connectivity index (χ1v) is 17.0. The first-order chi connectivity index (χ1) is 21.0. The first kappa shape index (κ1) is 29.4. The van der Waals surface area contributed by atoms with Crippen LogP contribution in [0.4, 0.5) is 5.69 Å². The molecule has 0 unspecified atom stereocenters. The van der Waals surface area contributed by atoms with Gasteiger partial charge in [0.2, 0.25) is 5.91 Å². The van der Waals surface area contributed by atoms with Crippen molar-refractivity contribution in [2.45, 2.75) is 28.8 Å². The van der Waals surface area contributed by atoms with Gasteiger partial charge in [0.1, 0.15) is 12.4 Å². The lowest BCUT2D eigenvalue weighted by atomic mass is 10.2. The number of thioether (sulfide) groups is 2. The number of carbonyl (C=O) groups excluding carboxylic acids is 1. The van der Waals surface area contributed by atoms with Crippen molar-refractivity contribution in [1.29, 1.82) is 0 Å². The van der Waals surface area contributed by atoms with Gasteiger partial charge in [-0.1, -0.05) is 88.0 Å². The monoisotopic (exact) mass is 687 g/mol. The molecule has 6 aromatic rings. The molecule has 2 aromatic heterocycles. The Morgan fingerprint density at radius 2 is 1.74 bits per heavy atom. The highest BCUT2D eigenvalue weighted by Gasteiger charge is 2.17. The van der Waals surface area contributed by atoms with Crippen LogP contribution in [0, 0.1) is 6.92 Å². The normalized spacial score (nSPS) is 11.1. The van der Waals surface area contributed by atoms with Crippen molar-refractivity contribution >= 4 is 72.6 Å². The molecule has 7 nitrogen and oxygen atoms in total. The van der Waals surface area contributed by atoms with Crippen LogP contribution in [-0.2, 0) is 17.2 Å². The van der Waals surface area contributed by atoms with Gasteiger partial charge < -0.3 is 10.1 Å². The summed E-state index contributed by atoms with van der Waals surface area (Å²) >= 11 is 8.15. The van der Waals surface area contributed by atoms with Crippen molar-refractivity contribution in [3.63, 3.8) is 0 Å². The molecule has 43 heavy (non-hydrogen) atoms. The van der Waals surface area contributed by atoms with Crippen LogP contribution >= 0.6 is 50.8 Å². The van der Waals surface area contributed by atoms with Crippen molar-refractivity contribution in [2.24, 2.45) is 0 Å². The molecule has 0 spiro atoms. The van der Waals surface area contributed by atoms with Crippen molar-refractivity contribution in [3.8, 4) is 11.4 Å². The quantitative estimate of drug-likeness (QED) is 0.137. The number of ether oxygens (including phenoxy) is 1. The van der Waals surface area contributed by atoms with Gasteiger partial charge in [-0.25, -0.2) is 4.98 Å². The van der Waals surface area contributed by atoms with E-state index in [4.69, 9.17) is 9.72 Å². The van der Waals surface area contributed by atoms with E-state index in [-0.39, 0.29) is 18.3 Å². The summed E-state index contributed by atoms with van der Waals surface area (Å²) in [5.41, 5.74) is 4.86. The van der Waals surface area contributed by atoms with E-state index in [1.165, 1.54) is 17.3 Å². The molecular formula is C32H26BrN5O2S3. The maximum Gasteiger partial charge on any atom is 0.234 e. The molecule has 2 heterocycles. The number of thiazole rings is 1. The first-order valence-electron chi connectivity index (χ1n) is 13.4. The second-order valence-electron chi connectivity index (χ2n) is 9.54.